The van der Waals surface area contributed by atoms with E-state index in [4.69, 9.17) is 4.42 Å². The second-order valence-corrected chi connectivity index (χ2v) is 8.00. The maximum atomic E-state index is 13.0. The molecule has 1 saturated heterocycles. The van der Waals surface area contributed by atoms with Crippen LogP contribution in [0.25, 0.3) is 16.9 Å². The van der Waals surface area contributed by atoms with Gasteiger partial charge in [0.1, 0.15) is 18.1 Å². The first-order valence-corrected chi connectivity index (χ1v) is 10.6. The highest BCUT2D eigenvalue weighted by molar-refractivity contribution is 6.10. The largest absolute Gasteiger partial charge is 0.466 e. The van der Waals surface area contributed by atoms with Crippen molar-refractivity contribution in [2.24, 2.45) is 0 Å². The lowest BCUT2D eigenvalue weighted by atomic mass is 9.99. The van der Waals surface area contributed by atoms with E-state index >= 15 is 0 Å². The van der Waals surface area contributed by atoms with Gasteiger partial charge in [-0.2, -0.15) is 5.10 Å². The summed E-state index contributed by atoms with van der Waals surface area (Å²) in [6, 6.07) is 23.2. The number of nitrogens with zero attached hydrogens (tertiary/aromatic N) is 3. The summed E-state index contributed by atoms with van der Waals surface area (Å²) in [4.78, 5) is 39.3. The lowest BCUT2D eigenvalue weighted by molar-refractivity contribution is -0.134. The van der Waals surface area contributed by atoms with Crippen molar-refractivity contribution in [1.29, 1.82) is 0 Å². The SMILES string of the molecule is CC1(c2ccco2)NC(=O)N(CC(=O)Nc2cc(-c3ccccc3)nn2-c2ccccc2)C1=O. The molecule has 0 saturated carbocycles. The number of para-hydroxylation sites is 1. The number of imide groups is 1. The summed E-state index contributed by atoms with van der Waals surface area (Å²) in [7, 11) is 0. The average molecular weight is 455 g/mol. The van der Waals surface area contributed by atoms with Crippen LogP contribution in [-0.4, -0.2) is 39.1 Å². The van der Waals surface area contributed by atoms with Gasteiger partial charge in [-0.1, -0.05) is 48.5 Å². The number of benzene rings is 2. The molecule has 1 aliphatic heterocycles. The maximum Gasteiger partial charge on any atom is 0.325 e. The van der Waals surface area contributed by atoms with Crippen molar-refractivity contribution in [2.75, 3.05) is 11.9 Å². The first-order chi connectivity index (χ1) is 16.5. The van der Waals surface area contributed by atoms with Gasteiger partial charge in [-0.25, -0.2) is 9.48 Å². The highest BCUT2D eigenvalue weighted by Crippen LogP contribution is 2.29. The Morgan fingerprint density at radius 1 is 1.03 bits per heavy atom. The van der Waals surface area contributed by atoms with E-state index in [-0.39, 0.29) is 0 Å². The molecule has 0 bridgehead atoms. The Balaban J connectivity index is 1.40. The number of urea groups is 1. The number of carbonyl (C=O) groups excluding carboxylic acids is 3. The topological polar surface area (TPSA) is 109 Å². The van der Waals surface area contributed by atoms with E-state index in [0.717, 1.165) is 16.2 Å². The second kappa shape index (κ2) is 8.36. The van der Waals surface area contributed by atoms with Gasteiger partial charge in [0.05, 0.1) is 17.6 Å². The fourth-order valence-corrected chi connectivity index (χ4v) is 3.88. The first kappa shape index (κ1) is 21.2. The van der Waals surface area contributed by atoms with Crippen molar-refractivity contribution in [3.63, 3.8) is 0 Å². The third-order valence-corrected chi connectivity index (χ3v) is 5.64. The molecule has 0 spiro atoms. The molecular formula is C25H21N5O4. The minimum atomic E-state index is -1.37. The van der Waals surface area contributed by atoms with Crippen LogP contribution in [-0.2, 0) is 15.1 Å². The number of aromatic nitrogens is 2. The van der Waals surface area contributed by atoms with Gasteiger partial charge in [-0.3, -0.25) is 14.5 Å². The Bertz CT molecular complexity index is 1350. The molecule has 34 heavy (non-hydrogen) atoms. The summed E-state index contributed by atoms with van der Waals surface area (Å²) in [6.07, 6.45) is 1.42. The van der Waals surface area contributed by atoms with Crippen LogP contribution in [0.5, 0.6) is 0 Å². The molecule has 1 aliphatic rings. The van der Waals surface area contributed by atoms with Gasteiger partial charge in [-0.15, -0.1) is 0 Å². The molecule has 0 aliphatic carbocycles. The number of anilines is 1. The Kier molecular flexibility index (Phi) is 5.21. The van der Waals surface area contributed by atoms with Gasteiger partial charge in [0.2, 0.25) is 5.91 Å². The Morgan fingerprint density at radius 2 is 1.74 bits per heavy atom. The smallest absolute Gasteiger partial charge is 0.325 e. The normalized spacial score (nSPS) is 17.6. The van der Waals surface area contributed by atoms with E-state index in [9.17, 15) is 14.4 Å². The van der Waals surface area contributed by atoms with Gasteiger partial charge >= 0.3 is 6.03 Å². The number of nitrogens with one attached hydrogen (secondary N) is 2. The number of furan rings is 1. The molecule has 4 amide bonds. The summed E-state index contributed by atoms with van der Waals surface area (Å²) >= 11 is 0. The van der Waals surface area contributed by atoms with Gasteiger partial charge in [0.25, 0.3) is 5.91 Å². The summed E-state index contributed by atoms with van der Waals surface area (Å²) < 4.78 is 6.93. The van der Waals surface area contributed by atoms with Crippen molar-refractivity contribution in [3.05, 3.63) is 90.9 Å². The van der Waals surface area contributed by atoms with E-state index in [1.54, 1.807) is 29.8 Å². The Hall–Kier alpha value is -4.66. The summed E-state index contributed by atoms with van der Waals surface area (Å²) in [5, 5.41) is 10.1. The number of amides is 4. The van der Waals surface area contributed by atoms with E-state index in [1.165, 1.54) is 6.26 Å². The summed E-state index contributed by atoms with van der Waals surface area (Å²) in [6.45, 7) is 1.09. The molecule has 0 radical (unpaired) electrons. The van der Waals surface area contributed by atoms with Gasteiger partial charge in [0.15, 0.2) is 5.54 Å². The van der Waals surface area contributed by atoms with Crippen molar-refractivity contribution in [3.8, 4) is 16.9 Å². The highest BCUT2D eigenvalue weighted by Gasteiger charge is 2.51. The molecule has 2 N–H and O–H groups in total. The van der Waals surface area contributed by atoms with Crippen molar-refractivity contribution < 1.29 is 18.8 Å². The van der Waals surface area contributed by atoms with Crippen LogP contribution in [0.3, 0.4) is 0 Å². The predicted molar refractivity (Wildman–Crippen MR) is 124 cm³/mol. The minimum absolute atomic E-state index is 0.295. The second-order valence-electron chi connectivity index (χ2n) is 8.00. The fourth-order valence-electron chi connectivity index (χ4n) is 3.88. The summed E-state index contributed by atoms with van der Waals surface area (Å²) in [5.41, 5.74) is 0.934. The Morgan fingerprint density at radius 3 is 2.41 bits per heavy atom. The van der Waals surface area contributed by atoms with Crippen molar-refractivity contribution >= 4 is 23.7 Å². The van der Waals surface area contributed by atoms with Crippen molar-refractivity contribution in [2.45, 2.75) is 12.5 Å². The molecule has 4 aromatic rings. The molecule has 1 unspecified atom stereocenters. The standard InChI is InChI=1S/C25H21N5O4/c1-25(20-13-8-14-34-20)23(32)29(24(33)27-25)16-22(31)26-21-15-19(17-9-4-2-5-10-17)28-30(21)18-11-6-3-7-12-18/h2-15H,16H2,1H3,(H,26,31)(H,27,33). The molecule has 9 nitrogen and oxygen atoms in total. The van der Waals surface area contributed by atoms with Crippen molar-refractivity contribution in [1.82, 2.24) is 20.0 Å². The van der Waals surface area contributed by atoms with Gasteiger partial charge < -0.3 is 15.1 Å². The van der Waals surface area contributed by atoms with Crippen LogP contribution in [0.15, 0.2) is 89.5 Å². The van der Waals surface area contributed by atoms with Crippen LogP contribution in [0.2, 0.25) is 0 Å². The van der Waals surface area contributed by atoms with E-state index in [0.29, 0.717) is 17.3 Å². The quantitative estimate of drug-likeness (QED) is 0.432. The van der Waals surface area contributed by atoms with Crippen LogP contribution < -0.4 is 10.6 Å². The summed E-state index contributed by atoms with van der Waals surface area (Å²) in [5.74, 6) is -0.396. The Labute approximate surface area is 195 Å². The zero-order valence-corrected chi connectivity index (χ0v) is 18.3. The van der Waals surface area contributed by atoms with Crippen LogP contribution in [0.4, 0.5) is 10.6 Å². The molecule has 2 aromatic carbocycles. The minimum Gasteiger partial charge on any atom is -0.466 e. The van der Waals surface area contributed by atoms with Crippen LogP contribution >= 0.6 is 0 Å². The predicted octanol–water partition coefficient (Wildman–Crippen LogP) is 3.54. The molecular weight excluding hydrogens is 434 g/mol. The molecule has 2 aromatic heterocycles. The van der Waals surface area contributed by atoms with E-state index in [2.05, 4.69) is 15.7 Å². The average Bonchev–Trinajstić information content (AvgIpc) is 3.58. The van der Waals surface area contributed by atoms with Gasteiger partial charge in [0, 0.05) is 11.6 Å². The van der Waals surface area contributed by atoms with Crippen LogP contribution in [0.1, 0.15) is 12.7 Å². The third kappa shape index (κ3) is 3.73. The molecule has 1 atom stereocenters. The molecule has 5 rings (SSSR count). The number of hydrogen-bond donors (Lipinski definition) is 2. The lowest BCUT2D eigenvalue weighted by Crippen LogP contribution is -2.42. The fraction of sp³-hybridized carbons (Fsp3) is 0.120. The molecule has 170 valence electrons. The number of hydrogen-bond acceptors (Lipinski definition) is 5. The molecule has 3 heterocycles. The van der Waals surface area contributed by atoms with E-state index in [1.807, 2.05) is 60.7 Å². The third-order valence-electron chi connectivity index (χ3n) is 5.64. The molecule has 9 heteroatoms. The lowest BCUT2D eigenvalue weighted by Gasteiger charge is -2.18. The number of rotatable bonds is 6. The zero-order valence-electron chi connectivity index (χ0n) is 18.3. The monoisotopic (exact) mass is 455 g/mol. The first-order valence-electron chi connectivity index (χ1n) is 10.6. The molecule has 1 fully saturated rings. The number of carbonyl (C=O) groups is 3. The van der Waals surface area contributed by atoms with Gasteiger partial charge in [-0.05, 0) is 31.2 Å². The van der Waals surface area contributed by atoms with Crippen LogP contribution in [0, 0.1) is 0 Å². The zero-order chi connectivity index (χ0) is 23.7. The van der Waals surface area contributed by atoms with E-state index < -0.39 is 29.9 Å². The maximum absolute atomic E-state index is 13.0. The highest BCUT2D eigenvalue weighted by atomic mass is 16.3.